The molecule has 1 aliphatic rings. The van der Waals surface area contributed by atoms with Crippen LogP contribution in [0.1, 0.15) is 50.9 Å². The van der Waals surface area contributed by atoms with E-state index in [2.05, 4.69) is 48.9 Å². The first-order valence-electron chi connectivity index (χ1n) is 8.38. The molecule has 3 nitrogen and oxygen atoms in total. The van der Waals surface area contributed by atoms with E-state index >= 15 is 0 Å². The van der Waals surface area contributed by atoms with Crippen LogP contribution >= 0.6 is 0 Å². The average Bonchev–Trinajstić information content (AvgIpc) is 3.06. The zero-order chi connectivity index (χ0) is 14.9. The largest absolute Gasteiger partial charge is 0.327 e. The number of imidazole rings is 1. The van der Waals surface area contributed by atoms with E-state index in [1.807, 2.05) is 0 Å². The lowest BCUT2D eigenvalue weighted by molar-refractivity contribution is 0.384. The van der Waals surface area contributed by atoms with Crippen LogP contribution in [0.4, 0.5) is 0 Å². The Bertz CT molecular complexity index is 621. The smallest absolute Gasteiger partial charge is 0.117 e. The molecule has 1 aromatic carbocycles. The van der Waals surface area contributed by atoms with Crippen molar-refractivity contribution >= 4 is 11.0 Å². The number of benzene rings is 1. The molecule has 0 spiro atoms. The van der Waals surface area contributed by atoms with Crippen LogP contribution in [0.15, 0.2) is 18.2 Å². The summed E-state index contributed by atoms with van der Waals surface area (Å²) in [5, 5.41) is 3.57. The Balaban J connectivity index is 2.17. The second-order valence-electron chi connectivity index (χ2n) is 6.54. The van der Waals surface area contributed by atoms with E-state index < -0.39 is 0 Å². The standard InChI is InChI=1S/C18H27N3/c1-4-8-18(9-10-19-13-18)17-20-15-12-14(3)6-7-16(15)21(17)11-5-2/h6-7,12,19H,4-5,8-11,13H2,1-3H3. The minimum Gasteiger partial charge on any atom is -0.327 e. The van der Waals surface area contributed by atoms with E-state index in [1.54, 1.807) is 0 Å². The van der Waals surface area contributed by atoms with Crippen molar-refractivity contribution < 1.29 is 0 Å². The van der Waals surface area contributed by atoms with Crippen LogP contribution < -0.4 is 5.32 Å². The minimum absolute atomic E-state index is 0.233. The van der Waals surface area contributed by atoms with Gasteiger partial charge in [0.15, 0.2) is 0 Å². The summed E-state index contributed by atoms with van der Waals surface area (Å²) in [6.45, 7) is 9.96. The predicted octanol–water partition coefficient (Wildman–Crippen LogP) is 3.79. The first-order valence-corrected chi connectivity index (χ1v) is 8.38. The highest BCUT2D eigenvalue weighted by atomic mass is 15.1. The lowest BCUT2D eigenvalue weighted by atomic mass is 9.81. The fourth-order valence-corrected chi connectivity index (χ4v) is 3.83. The fourth-order valence-electron chi connectivity index (χ4n) is 3.83. The molecule has 21 heavy (non-hydrogen) atoms. The molecule has 1 fully saturated rings. The van der Waals surface area contributed by atoms with Gasteiger partial charge >= 0.3 is 0 Å². The van der Waals surface area contributed by atoms with Gasteiger partial charge in [0.2, 0.25) is 0 Å². The molecule has 1 unspecified atom stereocenters. The van der Waals surface area contributed by atoms with Gasteiger partial charge in [-0.15, -0.1) is 0 Å². The highest BCUT2D eigenvalue weighted by Gasteiger charge is 2.39. The number of rotatable bonds is 5. The Kier molecular flexibility index (Phi) is 4.03. The monoisotopic (exact) mass is 285 g/mol. The highest BCUT2D eigenvalue weighted by Crippen LogP contribution is 2.36. The zero-order valence-electron chi connectivity index (χ0n) is 13.6. The van der Waals surface area contributed by atoms with E-state index in [-0.39, 0.29) is 5.41 Å². The van der Waals surface area contributed by atoms with Crippen molar-refractivity contribution in [1.82, 2.24) is 14.9 Å². The first-order chi connectivity index (χ1) is 10.2. The van der Waals surface area contributed by atoms with E-state index in [1.165, 1.54) is 41.7 Å². The number of hydrogen-bond donors (Lipinski definition) is 1. The van der Waals surface area contributed by atoms with Crippen molar-refractivity contribution in [1.29, 1.82) is 0 Å². The Morgan fingerprint density at radius 2 is 2.14 bits per heavy atom. The molecule has 3 rings (SSSR count). The molecular weight excluding hydrogens is 258 g/mol. The molecule has 0 saturated carbocycles. The maximum absolute atomic E-state index is 5.09. The number of fused-ring (bicyclic) bond motifs is 1. The lowest BCUT2D eigenvalue weighted by Gasteiger charge is -2.28. The van der Waals surface area contributed by atoms with Crippen molar-refractivity contribution in [2.45, 2.75) is 58.4 Å². The lowest BCUT2D eigenvalue weighted by Crippen LogP contribution is -2.32. The summed E-state index contributed by atoms with van der Waals surface area (Å²) in [5.41, 5.74) is 4.00. The van der Waals surface area contributed by atoms with Crippen LogP contribution in [0.25, 0.3) is 11.0 Å². The van der Waals surface area contributed by atoms with E-state index in [9.17, 15) is 0 Å². The molecule has 114 valence electrons. The molecule has 0 radical (unpaired) electrons. The molecule has 1 saturated heterocycles. The number of nitrogens with zero attached hydrogens (tertiary/aromatic N) is 2. The Morgan fingerprint density at radius 3 is 2.81 bits per heavy atom. The van der Waals surface area contributed by atoms with Gasteiger partial charge in [-0.3, -0.25) is 0 Å². The quantitative estimate of drug-likeness (QED) is 0.906. The summed E-state index contributed by atoms with van der Waals surface area (Å²) in [4.78, 5) is 5.09. The average molecular weight is 285 g/mol. The van der Waals surface area contributed by atoms with Crippen LogP contribution in [-0.4, -0.2) is 22.6 Å². The third kappa shape index (κ3) is 2.48. The minimum atomic E-state index is 0.233. The summed E-state index contributed by atoms with van der Waals surface area (Å²) < 4.78 is 2.48. The molecule has 1 atom stereocenters. The maximum Gasteiger partial charge on any atom is 0.117 e. The molecule has 0 aliphatic carbocycles. The third-order valence-electron chi connectivity index (χ3n) is 4.80. The highest BCUT2D eigenvalue weighted by molar-refractivity contribution is 5.77. The van der Waals surface area contributed by atoms with Crippen LogP contribution in [-0.2, 0) is 12.0 Å². The molecule has 2 aromatic rings. The van der Waals surface area contributed by atoms with Crippen molar-refractivity contribution in [2.75, 3.05) is 13.1 Å². The van der Waals surface area contributed by atoms with Gasteiger partial charge in [-0.1, -0.05) is 26.3 Å². The summed E-state index contributed by atoms with van der Waals surface area (Å²) in [6.07, 6.45) is 4.82. The number of hydrogen-bond acceptors (Lipinski definition) is 2. The summed E-state index contributed by atoms with van der Waals surface area (Å²) in [5.74, 6) is 1.32. The molecule has 3 heteroatoms. The van der Waals surface area contributed by atoms with E-state index in [0.29, 0.717) is 0 Å². The molecule has 1 aromatic heterocycles. The van der Waals surface area contributed by atoms with Gasteiger partial charge < -0.3 is 9.88 Å². The molecular formula is C18H27N3. The summed E-state index contributed by atoms with van der Waals surface area (Å²) >= 11 is 0. The molecule has 1 aliphatic heterocycles. The van der Waals surface area contributed by atoms with Crippen LogP contribution in [0.2, 0.25) is 0 Å². The zero-order valence-corrected chi connectivity index (χ0v) is 13.6. The topological polar surface area (TPSA) is 29.9 Å². The van der Waals surface area contributed by atoms with Crippen molar-refractivity contribution in [3.05, 3.63) is 29.6 Å². The maximum atomic E-state index is 5.09. The predicted molar refractivity (Wildman–Crippen MR) is 88.8 cm³/mol. The van der Waals surface area contributed by atoms with Crippen LogP contribution in [0, 0.1) is 6.92 Å². The number of nitrogens with one attached hydrogen (secondary N) is 1. The van der Waals surface area contributed by atoms with Crippen molar-refractivity contribution in [2.24, 2.45) is 0 Å². The molecule has 1 N–H and O–H groups in total. The molecule has 0 amide bonds. The van der Waals surface area contributed by atoms with E-state index in [0.717, 1.165) is 26.1 Å². The number of aryl methyl sites for hydroxylation is 2. The van der Waals surface area contributed by atoms with Gasteiger partial charge in [0.1, 0.15) is 5.82 Å². The molecule has 0 bridgehead atoms. The third-order valence-corrected chi connectivity index (χ3v) is 4.80. The Labute approximate surface area is 127 Å². The Morgan fingerprint density at radius 1 is 1.29 bits per heavy atom. The van der Waals surface area contributed by atoms with Crippen molar-refractivity contribution in [3.8, 4) is 0 Å². The van der Waals surface area contributed by atoms with Gasteiger partial charge in [0, 0.05) is 18.5 Å². The second-order valence-corrected chi connectivity index (χ2v) is 6.54. The van der Waals surface area contributed by atoms with Gasteiger partial charge in [0.25, 0.3) is 0 Å². The van der Waals surface area contributed by atoms with Gasteiger partial charge in [0.05, 0.1) is 11.0 Å². The summed E-state index contributed by atoms with van der Waals surface area (Å²) in [7, 11) is 0. The summed E-state index contributed by atoms with van der Waals surface area (Å²) in [6, 6.07) is 6.69. The van der Waals surface area contributed by atoms with Crippen molar-refractivity contribution in [3.63, 3.8) is 0 Å². The SMILES string of the molecule is CCCn1c(C2(CCC)CCNC2)nc2cc(C)ccc21. The van der Waals surface area contributed by atoms with Gasteiger partial charge in [-0.05, 0) is 50.4 Å². The Hall–Kier alpha value is -1.35. The second kappa shape index (κ2) is 5.80. The van der Waals surface area contributed by atoms with Gasteiger partial charge in [-0.25, -0.2) is 4.98 Å². The molecule has 2 heterocycles. The normalized spacial score (nSPS) is 22.2. The van der Waals surface area contributed by atoms with E-state index in [4.69, 9.17) is 4.98 Å². The van der Waals surface area contributed by atoms with Crippen LogP contribution in [0.5, 0.6) is 0 Å². The fraction of sp³-hybridized carbons (Fsp3) is 0.611. The number of aromatic nitrogens is 2. The van der Waals surface area contributed by atoms with Crippen LogP contribution in [0.3, 0.4) is 0 Å². The first kappa shape index (κ1) is 14.6. The van der Waals surface area contributed by atoms with Gasteiger partial charge in [-0.2, -0.15) is 0 Å².